The number of pyridine rings is 1. The lowest BCUT2D eigenvalue weighted by molar-refractivity contribution is -0.138. The third-order valence-corrected chi connectivity index (χ3v) is 12.8. The number of ether oxygens (including phenoxy) is 2. The second-order valence-corrected chi connectivity index (χ2v) is 17.6. The number of halogens is 1. The third-order valence-electron chi connectivity index (χ3n) is 11.6. The molecule has 3 aliphatic carbocycles. The molecule has 3 unspecified atom stereocenters. The minimum Gasteiger partial charge on any atom is -0.483 e. The number of hydrogen-bond donors (Lipinski definition) is 3. The Morgan fingerprint density at radius 1 is 1.11 bits per heavy atom. The zero-order valence-electron chi connectivity index (χ0n) is 31.6. The highest BCUT2D eigenvalue weighted by molar-refractivity contribution is 7.99. The van der Waals surface area contributed by atoms with Gasteiger partial charge in [0, 0.05) is 28.0 Å². The summed E-state index contributed by atoms with van der Waals surface area (Å²) in [7, 11) is 0. The molecule has 5 aliphatic rings. The van der Waals surface area contributed by atoms with Crippen LogP contribution in [0.5, 0.6) is 5.75 Å². The standard InChI is InChI=1S/C41H54FN5O6S/c1-3-4-5-6-7-8-13-32(37(49)46-54-40(2)20-21-40)45-38(50)33-23-41(25-47(33)34(48)24-43-39(51)52-28-11-9-10-12-28)19-18-29-30-22-27(42)16-17-31(30)44-35(26-14-15-26)36(29)53-41/h7-8,16-17,22,26,28,32-33H,3-6,9-15,18-21,23-25H2,1-2H3,(H,43,51)(H,45,50)(H,46,49)/b8-7-. The summed E-state index contributed by atoms with van der Waals surface area (Å²) >= 11 is 1.40. The van der Waals surface area contributed by atoms with Crippen molar-refractivity contribution >= 4 is 46.7 Å². The fraction of sp³-hybridized carbons (Fsp3) is 0.634. The van der Waals surface area contributed by atoms with Crippen molar-refractivity contribution in [3.05, 3.63) is 47.4 Å². The van der Waals surface area contributed by atoms with Crippen LogP contribution in [0.3, 0.4) is 0 Å². The Kier molecular flexibility index (Phi) is 11.7. The van der Waals surface area contributed by atoms with E-state index in [1.165, 1.54) is 29.0 Å². The Labute approximate surface area is 321 Å². The predicted octanol–water partition coefficient (Wildman–Crippen LogP) is 6.91. The van der Waals surface area contributed by atoms with Crippen LogP contribution in [-0.2, 0) is 25.5 Å². The molecule has 3 atom stereocenters. The van der Waals surface area contributed by atoms with Crippen molar-refractivity contribution in [2.24, 2.45) is 0 Å². The summed E-state index contributed by atoms with van der Waals surface area (Å²) in [6, 6.07) is 2.83. The number of benzene rings is 1. The fourth-order valence-corrected chi connectivity index (χ4v) is 8.75. The summed E-state index contributed by atoms with van der Waals surface area (Å²) in [6.45, 7) is 4.01. The van der Waals surface area contributed by atoms with Crippen LogP contribution in [0.4, 0.5) is 9.18 Å². The van der Waals surface area contributed by atoms with Crippen molar-refractivity contribution in [3.63, 3.8) is 0 Å². The van der Waals surface area contributed by atoms with Gasteiger partial charge in [0.15, 0.2) is 0 Å². The van der Waals surface area contributed by atoms with E-state index >= 15 is 0 Å². The van der Waals surface area contributed by atoms with Crippen LogP contribution in [0.1, 0.15) is 127 Å². The number of carbonyl (C=O) groups excluding carboxylic acids is 4. The Bertz CT molecular complexity index is 1780. The van der Waals surface area contributed by atoms with Crippen LogP contribution in [0.2, 0.25) is 0 Å². The second kappa shape index (κ2) is 16.5. The first kappa shape index (κ1) is 38.4. The topological polar surface area (TPSA) is 139 Å². The largest absolute Gasteiger partial charge is 0.483 e. The normalized spacial score (nSPS) is 23.6. The quantitative estimate of drug-likeness (QED) is 0.101. The van der Waals surface area contributed by atoms with Gasteiger partial charge in [0.1, 0.15) is 41.9 Å². The molecule has 11 nitrogen and oxygen atoms in total. The number of fused-ring (bicyclic) bond motifs is 3. The molecule has 3 saturated carbocycles. The van der Waals surface area contributed by atoms with Crippen molar-refractivity contribution < 1.29 is 33.0 Å². The molecule has 2 aromatic rings. The van der Waals surface area contributed by atoms with Crippen molar-refractivity contribution in [2.75, 3.05) is 13.1 Å². The Morgan fingerprint density at radius 3 is 2.65 bits per heavy atom. The van der Waals surface area contributed by atoms with Gasteiger partial charge in [0.25, 0.3) is 5.91 Å². The van der Waals surface area contributed by atoms with Crippen LogP contribution in [0.15, 0.2) is 30.4 Å². The zero-order valence-corrected chi connectivity index (χ0v) is 32.4. The summed E-state index contributed by atoms with van der Waals surface area (Å²) in [4.78, 5) is 61.0. The minimum absolute atomic E-state index is 0.00700. The maximum atomic E-state index is 14.5. The number of amides is 4. The molecule has 2 aliphatic heterocycles. The van der Waals surface area contributed by atoms with E-state index in [9.17, 15) is 23.6 Å². The van der Waals surface area contributed by atoms with Crippen LogP contribution in [0, 0.1) is 5.82 Å². The molecule has 1 aromatic carbocycles. The number of nitrogens with one attached hydrogen (secondary N) is 3. The van der Waals surface area contributed by atoms with E-state index in [0.29, 0.717) is 30.4 Å². The van der Waals surface area contributed by atoms with Gasteiger partial charge in [-0.2, -0.15) is 0 Å². The number of nitrogens with zero attached hydrogens (tertiary/aromatic N) is 2. The first-order chi connectivity index (χ1) is 26.1. The lowest BCUT2D eigenvalue weighted by Gasteiger charge is -2.37. The van der Waals surface area contributed by atoms with Gasteiger partial charge in [0.05, 0.1) is 17.8 Å². The van der Waals surface area contributed by atoms with Crippen molar-refractivity contribution in [1.29, 1.82) is 0 Å². The molecule has 1 saturated heterocycles. The zero-order chi connectivity index (χ0) is 37.9. The highest BCUT2D eigenvalue weighted by atomic mass is 32.2. The minimum atomic E-state index is -0.959. The van der Waals surface area contributed by atoms with Gasteiger partial charge in [-0.1, -0.05) is 31.9 Å². The fourth-order valence-electron chi connectivity index (χ4n) is 7.95. The number of hydrogen-bond acceptors (Lipinski definition) is 8. The number of carbonyl (C=O) groups is 4. The molecule has 3 N–H and O–H groups in total. The van der Waals surface area contributed by atoms with Crippen molar-refractivity contribution in [2.45, 2.75) is 151 Å². The number of likely N-dealkylation sites (tertiary alicyclic amines) is 1. The molecule has 4 fully saturated rings. The summed E-state index contributed by atoms with van der Waals surface area (Å²) < 4.78 is 29.9. The van der Waals surface area contributed by atoms with Crippen LogP contribution >= 0.6 is 11.9 Å². The van der Waals surface area contributed by atoms with Gasteiger partial charge in [-0.05, 0) is 121 Å². The molecule has 54 heavy (non-hydrogen) atoms. The molecular weight excluding hydrogens is 710 g/mol. The van der Waals surface area contributed by atoms with E-state index in [2.05, 4.69) is 35.3 Å². The van der Waals surface area contributed by atoms with E-state index < -0.39 is 35.6 Å². The summed E-state index contributed by atoms with van der Waals surface area (Å²) in [5.41, 5.74) is 1.55. The molecule has 3 heterocycles. The number of allylic oxidation sites excluding steroid dienone is 1. The van der Waals surface area contributed by atoms with Gasteiger partial charge < -0.3 is 25.0 Å². The Morgan fingerprint density at radius 2 is 1.91 bits per heavy atom. The van der Waals surface area contributed by atoms with E-state index in [1.807, 2.05) is 6.08 Å². The molecule has 7 rings (SSSR count). The molecule has 4 amide bonds. The van der Waals surface area contributed by atoms with E-state index in [4.69, 9.17) is 14.5 Å². The SMILES string of the molecule is CCCCC/C=C\CC(NC(=O)C1CC2(CCc3c(c(C4CC4)nc4ccc(F)cc34)O2)CN1C(=O)CNC(=O)OC1CCCC1)C(=O)NSC1(C)CC1. The van der Waals surface area contributed by atoms with Crippen LogP contribution in [-0.4, -0.2) is 75.3 Å². The van der Waals surface area contributed by atoms with Gasteiger partial charge in [-0.25, -0.2) is 14.2 Å². The Hall–Kier alpha value is -3.87. The van der Waals surface area contributed by atoms with Gasteiger partial charge in [-0.3, -0.25) is 19.1 Å². The van der Waals surface area contributed by atoms with E-state index in [-0.39, 0.29) is 48.0 Å². The van der Waals surface area contributed by atoms with Crippen molar-refractivity contribution in [3.8, 4) is 5.75 Å². The molecule has 1 spiro atoms. The van der Waals surface area contributed by atoms with Gasteiger partial charge in [-0.15, -0.1) is 0 Å². The monoisotopic (exact) mass is 763 g/mol. The lowest BCUT2D eigenvalue weighted by atomic mass is 9.86. The Balaban J connectivity index is 1.12. The number of aromatic nitrogens is 1. The van der Waals surface area contributed by atoms with Crippen LogP contribution in [0.25, 0.3) is 10.9 Å². The molecule has 0 bridgehead atoms. The summed E-state index contributed by atoms with van der Waals surface area (Å²) in [6.07, 6.45) is 16.5. The molecule has 1 aromatic heterocycles. The number of rotatable bonds is 15. The second-order valence-electron chi connectivity index (χ2n) is 16.2. The number of aryl methyl sites for hydroxylation is 1. The smallest absolute Gasteiger partial charge is 0.407 e. The third kappa shape index (κ3) is 9.14. The average Bonchev–Trinajstić information content (AvgIpc) is 4.05. The van der Waals surface area contributed by atoms with E-state index in [1.54, 1.807) is 6.07 Å². The highest BCUT2D eigenvalue weighted by Gasteiger charge is 2.53. The summed E-state index contributed by atoms with van der Waals surface area (Å²) in [5, 5.41) is 6.32. The lowest BCUT2D eigenvalue weighted by Crippen LogP contribution is -2.53. The summed E-state index contributed by atoms with van der Waals surface area (Å²) in [5.74, 6) is -0.667. The molecular formula is C41H54FN5O6S. The first-order valence-corrected chi connectivity index (χ1v) is 20.9. The van der Waals surface area contributed by atoms with Crippen LogP contribution < -0.4 is 20.1 Å². The average molecular weight is 764 g/mol. The maximum absolute atomic E-state index is 14.5. The number of unbranched alkanes of at least 4 members (excludes halogenated alkanes) is 3. The van der Waals surface area contributed by atoms with E-state index in [0.717, 1.165) is 93.8 Å². The highest BCUT2D eigenvalue weighted by Crippen LogP contribution is 2.51. The molecule has 292 valence electrons. The molecule has 13 heteroatoms. The van der Waals surface area contributed by atoms with Gasteiger partial charge >= 0.3 is 6.09 Å². The maximum Gasteiger partial charge on any atom is 0.407 e. The number of alkyl carbamates (subject to hydrolysis) is 1. The first-order valence-electron chi connectivity index (χ1n) is 20.0. The van der Waals surface area contributed by atoms with Crippen molar-refractivity contribution in [1.82, 2.24) is 25.2 Å². The van der Waals surface area contributed by atoms with Gasteiger partial charge in [0.2, 0.25) is 11.8 Å². The predicted molar refractivity (Wildman–Crippen MR) is 205 cm³/mol. The molecule has 0 radical (unpaired) electrons.